The summed E-state index contributed by atoms with van der Waals surface area (Å²) < 4.78 is 0. The number of hydrogen-bond acceptors (Lipinski definition) is 3. The Morgan fingerprint density at radius 3 is 2.76 bits per heavy atom. The summed E-state index contributed by atoms with van der Waals surface area (Å²) in [6.45, 7) is 3.56. The van der Waals surface area contributed by atoms with Crippen molar-refractivity contribution in [3.05, 3.63) is 22.8 Å². The van der Waals surface area contributed by atoms with E-state index in [1.807, 2.05) is 14.0 Å². The van der Waals surface area contributed by atoms with Crippen LogP contribution in [0.25, 0.3) is 0 Å². The second-order valence-electron chi connectivity index (χ2n) is 5.77. The van der Waals surface area contributed by atoms with Crippen LogP contribution in [0.15, 0.2) is 12.3 Å². The van der Waals surface area contributed by atoms with Crippen molar-refractivity contribution in [3.63, 3.8) is 0 Å². The standard InChI is InChI=1S/C16H24ClN3O/c1-3-18-15-14(17)9-13(10-19-15)16(21)20(2)11-12-7-5-4-6-8-12/h9-10,12H,3-8,11H2,1-2H3,(H,18,19). The summed E-state index contributed by atoms with van der Waals surface area (Å²) in [4.78, 5) is 18.5. The number of aromatic nitrogens is 1. The number of nitrogens with zero attached hydrogens (tertiary/aromatic N) is 2. The second-order valence-corrected chi connectivity index (χ2v) is 6.18. The topological polar surface area (TPSA) is 45.2 Å². The number of pyridine rings is 1. The number of amides is 1. The molecule has 0 atom stereocenters. The van der Waals surface area contributed by atoms with Crippen molar-refractivity contribution in [1.82, 2.24) is 9.88 Å². The van der Waals surface area contributed by atoms with Crippen molar-refractivity contribution in [1.29, 1.82) is 0 Å². The summed E-state index contributed by atoms with van der Waals surface area (Å²) in [7, 11) is 1.86. The zero-order chi connectivity index (χ0) is 15.2. The molecule has 0 unspecified atom stereocenters. The van der Waals surface area contributed by atoms with Crippen LogP contribution in [0.4, 0.5) is 5.82 Å². The van der Waals surface area contributed by atoms with Gasteiger partial charge >= 0.3 is 0 Å². The number of anilines is 1. The van der Waals surface area contributed by atoms with Gasteiger partial charge in [-0.3, -0.25) is 4.79 Å². The normalized spacial score (nSPS) is 15.8. The van der Waals surface area contributed by atoms with Crippen LogP contribution >= 0.6 is 11.6 Å². The molecule has 21 heavy (non-hydrogen) atoms. The van der Waals surface area contributed by atoms with Crippen LogP contribution in [0.2, 0.25) is 5.02 Å². The van der Waals surface area contributed by atoms with E-state index in [2.05, 4.69) is 10.3 Å². The van der Waals surface area contributed by atoms with E-state index >= 15 is 0 Å². The first-order chi connectivity index (χ1) is 10.1. The van der Waals surface area contributed by atoms with E-state index in [9.17, 15) is 4.79 Å². The van der Waals surface area contributed by atoms with E-state index in [1.54, 1.807) is 17.2 Å². The van der Waals surface area contributed by atoms with Gasteiger partial charge in [0.2, 0.25) is 0 Å². The smallest absolute Gasteiger partial charge is 0.255 e. The van der Waals surface area contributed by atoms with Crippen molar-refractivity contribution in [2.45, 2.75) is 39.0 Å². The molecule has 0 saturated heterocycles. The van der Waals surface area contributed by atoms with Crippen LogP contribution in [-0.2, 0) is 0 Å². The quantitative estimate of drug-likeness (QED) is 0.899. The molecule has 0 spiro atoms. The molecule has 2 rings (SSSR count). The molecule has 1 aromatic heterocycles. The third-order valence-corrected chi connectivity index (χ3v) is 4.32. The van der Waals surface area contributed by atoms with E-state index in [0.717, 1.165) is 13.1 Å². The number of halogens is 1. The summed E-state index contributed by atoms with van der Waals surface area (Å²) >= 11 is 6.15. The minimum Gasteiger partial charge on any atom is -0.369 e. The average molecular weight is 310 g/mol. The van der Waals surface area contributed by atoms with E-state index in [-0.39, 0.29) is 5.91 Å². The summed E-state index contributed by atoms with van der Waals surface area (Å²) in [6.07, 6.45) is 7.98. The molecule has 116 valence electrons. The van der Waals surface area contributed by atoms with Crippen molar-refractivity contribution in [3.8, 4) is 0 Å². The molecule has 4 nitrogen and oxygen atoms in total. The van der Waals surface area contributed by atoms with Gasteiger partial charge in [-0.15, -0.1) is 0 Å². The number of hydrogen-bond donors (Lipinski definition) is 1. The van der Waals surface area contributed by atoms with Gasteiger partial charge in [-0.2, -0.15) is 0 Å². The summed E-state index contributed by atoms with van der Waals surface area (Å²) in [6, 6.07) is 1.70. The fourth-order valence-electron chi connectivity index (χ4n) is 2.91. The fraction of sp³-hybridized carbons (Fsp3) is 0.625. The Kier molecular flexibility index (Phi) is 5.85. The van der Waals surface area contributed by atoms with Gasteiger partial charge in [-0.25, -0.2) is 4.98 Å². The van der Waals surface area contributed by atoms with Gasteiger partial charge in [0.1, 0.15) is 5.82 Å². The van der Waals surface area contributed by atoms with Crippen LogP contribution in [-0.4, -0.2) is 35.9 Å². The third kappa shape index (κ3) is 4.34. The lowest BCUT2D eigenvalue weighted by Crippen LogP contribution is -2.32. The Labute approximate surface area is 131 Å². The molecule has 1 aliphatic rings. The van der Waals surface area contributed by atoms with Crippen LogP contribution in [0.1, 0.15) is 49.4 Å². The molecule has 1 aliphatic carbocycles. The largest absolute Gasteiger partial charge is 0.369 e. The SMILES string of the molecule is CCNc1ncc(C(=O)N(C)CC2CCCCC2)cc1Cl. The highest BCUT2D eigenvalue weighted by atomic mass is 35.5. The lowest BCUT2D eigenvalue weighted by atomic mass is 9.89. The highest BCUT2D eigenvalue weighted by Gasteiger charge is 2.20. The molecule has 1 heterocycles. The molecule has 5 heteroatoms. The van der Waals surface area contributed by atoms with E-state index in [4.69, 9.17) is 11.6 Å². The first-order valence-electron chi connectivity index (χ1n) is 7.76. The zero-order valence-electron chi connectivity index (χ0n) is 12.9. The Bertz CT molecular complexity index is 486. The molecule has 0 aromatic carbocycles. The predicted octanol–water partition coefficient (Wildman–Crippen LogP) is 3.82. The number of carbonyl (C=O) groups excluding carboxylic acids is 1. The van der Waals surface area contributed by atoms with Gasteiger partial charge in [-0.05, 0) is 31.7 Å². The third-order valence-electron chi connectivity index (χ3n) is 4.04. The van der Waals surface area contributed by atoms with Gasteiger partial charge < -0.3 is 10.2 Å². The van der Waals surface area contributed by atoms with Gasteiger partial charge in [0.25, 0.3) is 5.91 Å². The molecule has 0 aliphatic heterocycles. The van der Waals surface area contributed by atoms with Gasteiger partial charge in [0.05, 0.1) is 10.6 Å². The fourth-order valence-corrected chi connectivity index (χ4v) is 3.15. The maximum Gasteiger partial charge on any atom is 0.255 e. The lowest BCUT2D eigenvalue weighted by molar-refractivity contribution is 0.0760. The predicted molar refractivity (Wildman–Crippen MR) is 86.9 cm³/mol. The summed E-state index contributed by atoms with van der Waals surface area (Å²) in [5, 5.41) is 3.56. The number of nitrogens with one attached hydrogen (secondary N) is 1. The Morgan fingerprint density at radius 1 is 1.43 bits per heavy atom. The van der Waals surface area contributed by atoms with Crippen molar-refractivity contribution in [2.75, 3.05) is 25.5 Å². The van der Waals surface area contributed by atoms with Gasteiger partial charge in [0.15, 0.2) is 0 Å². The van der Waals surface area contributed by atoms with E-state index < -0.39 is 0 Å². The van der Waals surface area contributed by atoms with Crippen molar-refractivity contribution >= 4 is 23.3 Å². The highest BCUT2D eigenvalue weighted by molar-refractivity contribution is 6.33. The minimum absolute atomic E-state index is 0.00183. The molecule has 1 amide bonds. The van der Waals surface area contributed by atoms with E-state index in [1.165, 1.54) is 32.1 Å². The molecule has 1 fully saturated rings. The van der Waals surface area contributed by atoms with Gasteiger partial charge in [-0.1, -0.05) is 30.9 Å². The molecular weight excluding hydrogens is 286 g/mol. The molecular formula is C16H24ClN3O. The van der Waals surface area contributed by atoms with Gasteiger partial charge in [0, 0.05) is 26.3 Å². The molecule has 0 bridgehead atoms. The molecule has 1 saturated carbocycles. The van der Waals surface area contributed by atoms with Crippen molar-refractivity contribution in [2.24, 2.45) is 5.92 Å². The summed E-state index contributed by atoms with van der Waals surface area (Å²) in [5.41, 5.74) is 0.556. The first kappa shape index (κ1) is 16.1. The van der Waals surface area contributed by atoms with Crippen molar-refractivity contribution < 1.29 is 4.79 Å². The van der Waals surface area contributed by atoms with E-state index in [0.29, 0.717) is 22.3 Å². The lowest BCUT2D eigenvalue weighted by Gasteiger charge is -2.27. The Morgan fingerprint density at radius 2 is 2.14 bits per heavy atom. The Balaban J connectivity index is 1.99. The maximum atomic E-state index is 12.4. The number of carbonyl (C=O) groups is 1. The summed E-state index contributed by atoms with van der Waals surface area (Å²) in [5.74, 6) is 1.26. The highest BCUT2D eigenvalue weighted by Crippen LogP contribution is 2.25. The monoisotopic (exact) mass is 309 g/mol. The molecule has 0 radical (unpaired) electrons. The minimum atomic E-state index is -0.00183. The second kappa shape index (κ2) is 7.64. The molecule has 1 aromatic rings. The Hall–Kier alpha value is -1.29. The van der Waals surface area contributed by atoms with Crippen LogP contribution in [0.5, 0.6) is 0 Å². The zero-order valence-corrected chi connectivity index (χ0v) is 13.6. The molecule has 1 N–H and O–H groups in total. The first-order valence-corrected chi connectivity index (χ1v) is 8.14. The average Bonchev–Trinajstić information content (AvgIpc) is 2.49. The maximum absolute atomic E-state index is 12.4. The van der Waals surface area contributed by atoms with Crippen LogP contribution in [0, 0.1) is 5.92 Å². The van der Waals surface area contributed by atoms with Crippen LogP contribution < -0.4 is 5.32 Å². The van der Waals surface area contributed by atoms with Crippen LogP contribution in [0.3, 0.4) is 0 Å². The number of rotatable bonds is 5.